The van der Waals surface area contributed by atoms with E-state index in [1.807, 2.05) is 20.0 Å². The zero-order valence-corrected chi connectivity index (χ0v) is 24.2. The van der Waals surface area contributed by atoms with Gasteiger partial charge in [0, 0.05) is 12.8 Å². The van der Waals surface area contributed by atoms with Crippen molar-refractivity contribution in [3.8, 4) is 0 Å². The van der Waals surface area contributed by atoms with Crippen molar-refractivity contribution in [2.24, 2.45) is 0 Å². The van der Waals surface area contributed by atoms with Gasteiger partial charge in [0.25, 0.3) is 10.1 Å². The lowest BCUT2D eigenvalue weighted by Crippen LogP contribution is -2.48. The van der Waals surface area contributed by atoms with Crippen molar-refractivity contribution in [2.45, 2.75) is 102 Å². The molecule has 1 aromatic carbocycles. The molecule has 0 fully saturated rings. The molecule has 0 aromatic heterocycles. The minimum absolute atomic E-state index is 0.0145. The molecule has 10 heteroatoms. The summed E-state index contributed by atoms with van der Waals surface area (Å²) < 4.78 is 48.7. The predicted octanol–water partition coefficient (Wildman–Crippen LogP) is 5.15. The van der Waals surface area contributed by atoms with Gasteiger partial charge in [0.05, 0.1) is 24.2 Å². The van der Waals surface area contributed by atoms with Crippen molar-refractivity contribution in [2.75, 3.05) is 13.2 Å². The normalized spacial score (nSPS) is 14.3. The van der Waals surface area contributed by atoms with Crippen LogP contribution in [0.2, 0.25) is 18.1 Å². The Balaban J connectivity index is 3.33. The van der Waals surface area contributed by atoms with Crippen molar-refractivity contribution in [1.82, 2.24) is 0 Å². The Labute approximate surface area is 211 Å². The summed E-state index contributed by atoms with van der Waals surface area (Å²) in [6, 6.07) is 6.34. The Morgan fingerprint density at radius 2 is 1.34 bits per heavy atom. The van der Waals surface area contributed by atoms with Gasteiger partial charge in [0.2, 0.25) is 0 Å². The van der Waals surface area contributed by atoms with E-state index in [4.69, 9.17) is 18.1 Å². The summed E-state index contributed by atoms with van der Waals surface area (Å²) in [5, 5.41) is -0.170. The molecule has 2 atom stereocenters. The predicted molar refractivity (Wildman–Crippen MR) is 137 cm³/mol. The summed E-state index contributed by atoms with van der Waals surface area (Å²) in [5.74, 6) is -0.854. The number of hydrogen-bond donors (Lipinski definition) is 0. The van der Waals surface area contributed by atoms with E-state index in [0.717, 1.165) is 5.56 Å². The van der Waals surface area contributed by atoms with Crippen molar-refractivity contribution >= 4 is 30.4 Å². The lowest BCUT2D eigenvalue weighted by Gasteiger charge is -2.41. The third-order valence-electron chi connectivity index (χ3n) is 6.10. The molecule has 0 N–H and O–H groups in total. The first kappa shape index (κ1) is 31.3. The van der Waals surface area contributed by atoms with Crippen LogP contribution in [0.25, 0.3) is 0 Å². The van der Waals surface area contributed by atoms with Crippen LogP contribution in [0.4, 0.5) is 0 Å². The number of hydrogen-bond acceptors (Lipinski definition) is 8. The zero-order valence-electron chi connectivity index (χ0n) is 22.4. The van der Waals surface area contributed by atoms with Gasteiger partial charge in [-0.2, -0.15) is 8.42 Å². The molecule has 1 aromatic rings. The van der Waals surface area contributed by atoms with E-state index in [2.05, 4.69) is 20.8 Å². The third kappa shape index (κ3) is 10.4. The SMILES string of the molecule is CCOC(=O)CC[C@@H](O[Si](C)(C)C(C)(C)C)[C@@H](CCC(=O)OCC)OS(=O)(=O)c1ccc(C)cc1. The fourth-order valence-electron chi connectivity index (χ4n) is 3.08. The summed E-state index contributed by atoms with van der Waals surface area (Å²) >= 11 is 0. The largest absolute Gasteiger partial charge is 0.466 e. The van der Waals surface area contributed by atoms with Crippen LogP contribution < -0.4 is 0 Å². The second-order valence-electron chi connectivity index (χ2n) is 10.0. The molecule has 0 saturated heterocycles. The smallest absolute Gasteiger partial charge is 0.305 e. The highest BCUT2D eigenvalue weighted by molar-refractivity contribution is 7.86. The minimum Gasteiger partial charge on any atom is -0.466 e. The van der Waals surface area contributed by atoms with Gasteiger partial charge in [-0.15, -0.1) is 0 Å². The topological polar surface area (TPSA) is 105 Å². The number of ether oxygens (including phenoxy) is 2. The van der Waals surface area contributed by atoms with E-state index in [0.29, 0.717) is 0 Å². The number of aryl methyl sites for hydroxylation is 1. The number of carbonyl (C=O) groups excluding carboxylic acids is 2. The van der Waals surface area contributed by atoms with Crippen LogP contribution in [0.1, 0.15) is 65.9 Å². The first-order valence-corrected chi connectivity index (χ1v) is 16.4. The summed E-state index contributed by atoms with van der Waals surface area (Å²) in [7, 11) is -6.55. The van der Waals surface area contributed by atoms with E-state index < -0.39 is 42.6 Å². The Hall–Kier alpha value is -1.75. The maximum absolute atomic E-state index is 13.2. The van der Waals surface area contributed by atoms with Gasteiger partial charge >= 0.3 is 11.9 Å². The molecule has 0 aliphatic carbocycles. The Morgan fingerprint density at radius 3 is 1.77 bits per heavy atom. The fourth-order valence-corrected chi connectivity index (χ4v) is 5.59. The molecule has 0 aliphatic rings. The van der Waals surface area contributed by atoms with Crippen LogP contribution in [0, 0.1) is 6.92 Å². The van der Waals surface area contributed by atoms with Crippen LogP contribution >= 0.6 is 0 Å². The second kappa shape index (κ2) is 13.5. The van der Waals surface area contributed by atoms with Crippen molar-refractivity contribution < 1.29 is 36.1 Å². The molecule has 0 unspecified atom stereocenters. The van der Waals surface area contributed by atoms with Crippen LogP contribution in [-0.2, 0) is 37.8 Å². The summed E-state index contributed by atoms with van der Waals surface area (Å²) in [6.07, 6.45) is -1.48. The molecule has 0 heterocycles. The van der Waals surface area contributed by atoms with Crippen molar-refractivity contribution in [3.63, 3.8) is 0 Å². The monoisotopic (exact) mass is 530 g/mol. The van der Waals surface area contributed by atoms with Gasteiger partial charge in [-0.25, -0.2) is 0 Å². The molecule has 8 nitrogen and oxygen atoms in total. The molecule has 0 amide bonds. The molecule has 0 spiro atoms. The van der Waals surface area contributed by atoms with Gasteiger partial charge in [0.1, 0.15) is 6.10 Å². The Kier molecular flexibility index (Phi) is 12.1. The lowest BCUT2D eigenvalue weighted by atomic mass is 10.0. The van der Waals surface area contributed by atoms with E-state index in [1.165, 1.54) is 12.1 Å². The standard InChI is InChI=1S/C25H42O8SSi/c1-9-30-23(26)17-15-21(32-34(28,29)20-13-11-19(3)12-14-20)22(16-18-24(27)31-10-2)33-35(7,8)25(4,5)6/h11-14,21-22H,9-10,15-18H2,1-8H3/t21-,22-/m1/s1. The van der Waals surface area contributed by atoms with Gasteiger partial charge in [-0.1, -0.05) is 38.5 Å². The van der Waals surface area contributed by atoms with E-state index in [9.17, 15) is 18.0 Å². The number of carbonyl (C=O) groups is 2. The van der Waals surface area contributed by atoms with Crippen molar-refractivity contribution in [3.05, 3.63) is 29.8 Å². The molecule has 0 aliphatic heterocycles. The molecule has 0 radical (unpaired) electrons. The quantitative estimate of drug-likeness (QED) is 0.185. The average molecular weight is 531 g/mol. The van der Waals surface area contributed by atoms with Crippen LogP contribution in [0.3, 0.4) is 0 Å². The van der Waals surface area contributed by atoms with E-state index >= 15 is 0 Å². The summed E-state index contributed by atoms with van der Waals surface area (Å²) in [5.41, 5.74) is 0.913. The number of benzene rings is 1. The van der Waals surface area contributed by atoms with Gasteiger partial charge in [-0.05, 0) is 63.9 Å². The highest BCUT2D eigenvalue weighted by Crippen LogP contribution is 2.39. The van der Waals surface area contributed by atoms with Gasteiger partial charge < -0.3 is 13.9 Å². The molecular formula is C25H42O8SSi. The first-order chi connectivity index (χ1) is 16.1. The van der Waals surface area contributed by atoms with E-state index in [-0.39, 0.29) is 48.8 Å². The van der Waals surface area contributed by atoms with Gasteiger partial charge in [-0.3, -0.25) is 13.8 Å². The molecule has 1 rings (SSSR count). The van der Waals surface area contributed by atoms with Crippen LogP contribution in [-0.4, -0.2) is 54.1 Å². The molecule has 35 heavy (non-hydrogen) atoms. The van der Waals surface area contributed by atoms with Gasteiger partial charge in [0.15, 0.2) is 8.32 Å². The molecule has 200 valence electrons. The fraction of sp³-hybridized carbons (Fsp3) is 0.680. The van der Waals surface area contributed by atoms with Crippen LogP contribution in [0.15, 0.2) is 29.2 Å². The summed E-state index contributed by atoms with van der Waals surface area (Å²) in [6.45, 7) is 16.0. The molecular weight excluding hydrogens is 488 g/mol. The average Bonchev–Trinajstić information content (AvgIpc) is 2.74. The first-order valence-electron chi connectivity index (χ1n) is 12.1. The maximum atomic E-state index is 13.2. The second-order valence-corrected chi connectivity index (χ2v) is 16.3. The summed E-state index contributed by atoms with van der Waals surface area (Å²) in [4.78, 5) is 24.2. The Morgan fingerprint density at radius 1 is 0.886 bits per heavy atom. The number of rotatable bonds is 14. The van der Waals surface area contributed by atoms with Crippen LogP contribution in [0.5, 0.6) is 0 Å². The van der Waals surface area contributed by atoms with Crippen molar-refractivity contribution in [1.29, 1.82) is 0 Å². The zero-order chi connectivity index (χ0) is 26.9. The molecule has 0 bridgehead atoms. The third-order valence-corrected chi connectivity index (χ3v) is 12.0. The minimum atomic E-state index is -4.15. The Bertz CT molecular complexity index is 920. The highest BCUT2D eigenvalue weighted by Gasteiger charge is 2.42. The highest BCUT2D eigenvalue weighted by atomic mass is 32.2. The van der Waals surface area contributed by atoms with E-state index in [1.54, 1.807) is 26.0 Å². The maximum Gasteiger partial charge on any atom is 0.305 e. The number of esters is 2. The molecule has 0 saturated carbocycles. The lowest BCUT2D eigenvalue weighted by molar-refractivity contribution is -0.145.